The quantitative estimate of drug-likeness (QED) is 0.223. The number of nitriles is 1. The molecule has 0 saturated carbocycles. The van der Waals surface area contributed by atoms with Gasteiger partial charge in [-0.1, -0.05) is 0 Å². The first-order valence-corrected chi connectivity index (χ1v) is 4.69. The molecular formula is C10H14N2O5. The summed E-state index contributed by atoms with van der Waals surface area (Å²) in [6.45, 7) is 1.29. The summed E-state index contributed by atoms with van der Waals surface area (Å²) in [5.74, 6) is -0.134. The highest BCUT2D eigenvalue weighted by Gasteiger charge is 2.00. The van der Waals surface area contributed by atoms with Crippen molar-refractivity contribution in [3.05, 3.63) is 0 Å². The normalized spacial score (nSPS) is 7.59. The summed E-state index contributed by atoms with van der Waals surface area (Å²) in [4.78, 5) is 32.9. The standard InChI is InChI=1S/C7H12O3.C3H2N2O2/c1-6(8)4-3-5-7(9)10-2;4-1-7-3-5-2-6/h3-5H2,1-2H3;3H2. The number of ketones is 1. The summed E-state index contributed by atoms with van der Waals surface area (Å²) >= 11 is 0. The second-order valence-electron chi connectivity index (χ2n) is 2.75. The third-order valence-corrected chi connectivity index (χ3v) is 1.40. The minimum atomic E-state index is -0.249. The number of Topliss-reactive ketones (excluding diaryl/α,β-unsaturated/α-hetero) is 1. The van der Waals surface area contributed by atoms with Gasteiger partial charge in [0.25, 0.3) is 6.26 Å². The van der Waals surface area contributed by atoms with Crippen LogP contribution in [0.2, 0.25) is 0 Å². The summed E-state index contributed by atoms with van der Waals surface area (Å²) in [7, 11) is 1.34. The van der Waals surface area contributed by atoms with Crippen LogP contribution in [-0.4, -0.2) is 31.7 Å². The smallest absolute Gasteiger partial charge is 0.305 e. The fraction of sp³-hybridized carbons (Fsp3) is 0.600. The van der Waals surface area contributed by atoms with Gasteiger partial charge in [-0.3, -0.25) is 4.79 Å². The lowest BCUT2D eigenvalue weighted by atomic mass is 10.2. The van der Waals surface area contributed by atoms with Crippen LogP contribution < -0.4 is 0 Å². The molecule has 0 spiro atoms. The van der Waals surface area contributed by atoms with Gasteiger partial charge in [0.05, 0.1) is 7.11 Å². The van der Waals surface area contributed by atoms with E-state index in [-0.39, 0.29) is 18.5 Å². The minimum absolute atomic E-state index is 0.115. The summed E-state index contributed by atoms with van der Waals surface area (Å²) < 4.78 is 8.33. The van der Waals surface area contributed by atoms with E-state index in [1.165, 1.54) is 26.4 Å². The van der Waals surface area contributed by atoms with Crippen molar-refractivity contribution in [2.24, 2.45) is 4.99 Å². The van der Waals surface area contributed by atoms with Crippen LogP contribution in [0.5, 0.6) is 0 Å². The third kappa shape index (κ3) is 20.0. The molecular weight excluding hydrogens is 228 g/mol. The van der Waals surface area contributed by atoms with Crippen LogP contribution in [0, 0.1) is 11.5 Å². The van der Waals surface area contributed by atoms with Gasteiger partial charge in [0.1, 0.15) is 5.78 Å². The predicted octanol–water partition coefficient (Wildman–Crippen LogP) is 0.696. The highest BCUT2D eigenvalue weighted by molar-refractivity contribution is 5.76. The van der Waals surface area contributed by atoms with E-state index in [0.29, 0.717) is 19.3 Å². The molecule has 0 N–H and O–H groups in total. The molecule has 0 aliphatic heterocycles. The Balaban J connectivity index is 0. The molecule has 0 aromatic heterocycles. The predicted molar refractivity (Wildman–Crippen MR) is 56.2 cm³/mol. The van der Waals surface area contributed by atoms with E-state index >= 15 is 0 Å². The Hall–Kier alpha value is -2.19. The maximum atomic E-state index is 10.5. The van der Waals surface area contributed by atoms with Crippen molar-refractivity contribution in [2.45, 2.75) is 26.2 Å². The van der Waals surface area contributed by atoms with Gasteiger partial charge in [-0.25, -0.2) is 4.79 Å². The molecule has 0 fully saturated rings. The van der Waals surface area contributed by atoms with Gasteiger partial charge in [0.2, 0.25) is 12.8 Å². The third-order valence-electron chi connectivity index (χ3n) is 1.40. The van der Waals surface area contributed by atoms with Crippen molar-refractivity contribution in [2.75, 3.05) is 13.8 Å². The van der Waals surface area contributed by atoms with E-state index in [4.69, 9.17) is 5.26 Å². The average molecular weight is 242 g/mol. The number of nitrogens with zero attached hydrogens (tertiary/aromatic N) is 2. The summed E-state index contributed by atoms with van der Waals surface area (Å²) in [5, 5.41) is 7.63. The number of esters is 1. The van der Waals surface area contributed by atoms with E-state index in [1.54, 1.807) is 0 Å². The Labute approximate surface area is 99.0 Å². The van der Waals surface area contributed by atoms with Gasteiger partial charge in [0.15, 0.2) is 0 Å². The Kier molecular flexibility index (Phi) is 14.0. The summed E-state index contributed by atoms with van der Waals surface area (Å²) in [6, 6.07) is 0. The lowest BCUT2D eigenvalue weighted by Crippen LogP contribution is -2.00. The molecule has 7 nitrogen and oxygen atoms in total. The van der Waals surface area contributed by atoms with Crippen molar-refractivity contribution in [1.82, 2.24) is 0 Å². The average Bonchev–Trinajstić information content (AvgIpc) is 2.30. The molecule has 7 heteroatoms. The van der Waals surface area contributed by atoms with E-state index in [9.17, 15) is 14.4 Å². The highest BCUT2D eigenvalue weighted by atomic mass is 16.5. The molecule has 0 amide bonds. The van der Waals surface area contributed by atoms with Gasteiger partial charge in [-0.2, -0.15) is 10.3 Å². The number of ether oxygens (including phenoxy) is 2. The number of rotatable bonds is 6. The van der Waals surface area contributed by atoms with E-state index in [2.05, 4.69) is 14.5 Å². The SMILES string of the molecule is COC(=O)CCCC(C)=O.N#COCN=C=O. The largest absolute Gasteiger partial charge is 0.469 e. The van der Waals surface area contributed by atoms with Crippen molar-refractivity contribution in [3.8, 4) is 6.26 Å². The molecule has 0 aliphatic carbocycles. The maximum Gasteiger partial charge on any atom is 0.305 e. The topological polar surface area (TPSA) is 106 Å². The second-order valence-corrected chi connectivity index (χ2v) is 2.75. The molecule has 0 aromatic rings. The molecule has 0 aromatic carbocycles. The number of hydrogen-bond acceptors (Lipinski definition) is 7. The first kappa shape index (κ1) is 17.2. The van der Waals surface area contributed by atoms with E-state index in [0.717, 1.165) is 0 Å². The summed E-state index contributed by atoms with van der Waals surface area (Å²) in [5.41, 5.74) is 0. The second kappa shape index (κ2) is 13.8. The van der Waals surface area contributed by atoms with Crippen molar-refractivity contribution in [3.63, 3.8) is 0 Å². The van der Waals surface area contributed by atoms with Crippen molar-refractivity contribution >= 4 is 17.8 Å². The molecule has 0 aliphatic rings. The number of carbonyl (C=O) groups excluding carboxylic acids is 3. The van der Waals surface area contributed by atoms with Crippen LogP contribution in [0.15, 0.2) is 4.99 Å². The molecule has 0 unspecified atom stereocenters. The summed E-state index contributed by atoms with van der Waals surface area (Å²) in [6.07, 6.45) is 3.94. The Morgan fingerprint density at radius 1 is 1.35 bits per heavy atom. The van der Waals surface area contributed by atoms with E-state index in [1.807, 2.05) is 0 Å². The molecule has 0 rings (SSSR count). The Morgan fingerprint density at radius 2 is 2.00 bits per heavy atom. The zero-order chi connectivity index (χ0) is 13.5. The molecule has 0 atom stereocenters. The van der Waals surface area contributed by atoms with Crippen LogP contribution in [0.3, 0.4) is 0 Å². The lowest BCUT2D eigenvalue weighted by Gasteiger charge is -1.95. The van der Waals surface area contributed by atoms with Crippen LogP contribution in [0.4, 0.5) is 0 Å². The fourth-order valence-electron chi connectivity index (χ4n) is 0.671. The van der Waals surface area contributed by atoms with E-state index < -0.39 is 0 Å². The number of carbonyl (C=O) groups is 2. The Morgan fingerprint density at radius 3 is 2.41 bits per heavy atom. The van der Waals surface area contributed by atoms with Gasteiger partial charge < -0.3 is 14.3 Å². The number of methoxy groups -OCH3 is 1. The zero-order valence-corrected chi connectivity index (χ0v) is 9.76. The number of hydrogen-bond donors (Lipinski definition) is 0. The number of isocyanates is 1. The minimum Gasteiger partial charge on any atom is -0.469 e. The highest BCUT2D eigenvalue weighted by Crippen LogP contribution is 1.96. The fourth-order valence-corrected chi connectivity index (χ4v) is 0.671. The van der Waals surface area contributed by atoms with Gasteiger partial charge in [-0.15, -0.1) is 0 Å². The first-order chi connectivity index (χ1) is 8.08. The van der Waals surface area contributed by atoms with Crippen LogP contribution in [-0.2, 0) is 23.9 Å². The zero-order valence-electron chi connectivity index (χ0n) is 9.76. The Bertz CT molecular complexity index is 315. The lowest BCUT2D eigenvalue weighted by molar-refractivity contribution is -0.140. The van der Waals surface area contributed by atoms with Crippen LogP contribution in [0.1, 0.15) is 26.2 Å². The molecule has 0 saturated heterocycles. The van der Waals surface area contributed by atoms with Gasteiger partial charge >= 0.3 is 5.97 Å². The van der Waals surface area contributed by atoms with Crippen LogP contribution >= 0.6 is 0 Å². The number of aliphatic imine (C=N–C) groups is 1. The molecule has 0 heterocycles. The molecule has 94 valence electrons. The van der Waals surface area contributed by atoms with Gasteiger partial charge in [-0.05, 0) is 13.3 Å². The first-order valence-electron chi connectivity index (χ1n) is 4.69. The maximum absolute atomic E-state index is 10.5. The van der Waals surface area contributed by atoms with Crippen molar-refractivity contribution in [1.29, 1.82) is 5.26 Å². The molecule has 17 heavy (non-hydrogen) atoms. The van der Waals surface area contributed by atoms with Crippen molar-refractivity contribution < 1.29 is 23.9 Å². The monoisotopic (exact) mass is 242 g/mol. The van der Waals surface area contributed by atoms with Crippen LogP contribution in [0.25, 0.3) is 0 Å². The molecule has 0 radical (unpaired) electrons. The molecule has 0 bridgehead atoms. The van der Waals surface area contributed by atoms with Gasteiger partial charge in [0, 0.05) is 12.8 Å².